The molecule has 3 aromatic rings. The van der Waals surface area contributed by atoms with Crippen LogP contribution in [0.2, 0.25) is 0 Å². The lowest BCUT2D eigenvalue weighted by molar-refractivity contribution is -0.135. The van der Waals surface area contributed by atoms with Gasteiger partial charge in [-0.1, -0.05) is 17.3 Å². The first-order valence-electron chi connectivity index (χ1n) is 13.7. The monoisotopic (exact) mass is 533 g/mol. The number of nitrogens with one attached hydrogen (secondary N) is 3. The van der Waals surface area contributed by atoms with Crippen LogP contribution in [0, 0.1) is 5.82 Å². The van der Waals surface area contributed by atoms with Crippen LogP contribution in [0.3, 0.4) is 0 Å². The summed E-state index contributed by atoms with van der Waals surface area (Å²) in [6.45, 7) is 6.10. The van der Waals surface area contributed by atoms with Crippen molar-refractivity contribution in [3.8, 4) is 5.69 Å². The largest absolute Gasteiger partial charge is 0.340 e. The van der Waals surface area contributed by atoms with Crippen molar-refractivity contribution in [1.82, 2.24) is 35.8 Å². The second-order valence-electron chi connectivity index (χ2n) is 10.7. The number of halogens is 1. The summed E-state index contributed by atoms with van der Waals surface area (Å²) < 4.78 is 14.8. The Labute approximate surface area is 228 Å². The predicted octanol–water partition coefficient (Wildman–Crippen LogP) is 2.64. The van der Waals surface area contributed by atoms with Crippen molar-refractivity contribution in [2.45, 2.75) is 63.2 Å². The van der Waals surface area contributed by atoms with Gasteiger partial charge in [-0.15, -0.1) is 5.10 Å². The van der Waals surface area contributed by atoms with Gasteiger partial charge in [-0.05, 0) is 81.6 Å². The molecule has 9 nitrogen and oxygen atoms in total. The maximum atomic E-state index is 13.6. The van der Waals surface area contributed by atoms with Gasteiger partial charge in [-0.25, -0.2) is 9.07 Å². The highest BCUT2D eigenvalue weighted by Crippen LogP contribution is 2.40. The van der Waals surface area contributed by atoms with Crippen molar-refractivity contribution in [3.05, 3.63) is 77.9 Å². The maximum Gasteiger partial charge on any atom is 0.251 e. The highest BCUT2D eigenvalue weighted by molar-refractivity contribution is 5.97. The van der Waals surface area contributed by atoms with Gasteiger partial charge in [0.2, 0.25) is 5.91 Å². The Morgan fingerprint density at radius 3 is 2.46 bits per heavy atom. The molecule has 0 radical (unpaired) electrons. The summed E-state index contributed by atoms with van der Waals surface area (Å²) in [5.41, 5.74) is 2.42. The molecule has 0 bridgehead atoms. The Hall–Kier alpha value is -3.63. The zero-order chi connectivity index (χ0) is 27.4. The van der Waals surface area contributed by atoms with Gasteiger partial charge in [-0.2, -0.15) is 0 Å². The van der Waals surface area contributed by atoms with Crippen LogP contribution in [0.1, 0.15) is 54.9 Å². The maximum absolute atomic E-state index is 13.6. The summed E-state index contributed by atoms with van der Waals surface area (Å²) in [6.07, 6.45) is 5.62. The van der Waals surface area contributed by atoms with Crippen LogP contribution in [0.15, 0.2) is 60.9 Å². The van der Waals surface area contributed by atoms with E-state index in [4.69, 9.17) is 0 Å². The molecule has 2 aliphatic rings. The lowest BCUT2D eigenvalue weighted by Crippen LogP contribution is -2.59. The SMILES string of the molecule is C[C@@H]1CN(C(=O)C(CCCN[C@@H]2C[C@H]2c2ccc(F)cc2)NC(=O)c2ccc(-n3ccnn3)cc2)C[C@H](C)N1. The van der Waals surface area contributed by atoms with Crippen molar-refractivity contribution < 1.29 is 14.0 Å². The highest BCUT2D eigenvalue weighted by Gasteiger charge is 2.38. The third kappa shape index (κ3) is 6.88. The summed E-state index contributed by atoms with van der Waals surface area (Å²) in [5.74, 6) is -0.146. The molecule has 1 aliphatic heterocycles. The van der Waals surface area contributed by atoms with E-state index in [-0.39, 0.29) is 29.7 Å². The summed E-state index contributed by atoms with van der Waals surface area (Å²) >= 11 is 0. The van der Waals surface area contributed by atoms with E-state index < -0.39 is 6.04 Å². The van der Waals surface area contributed by atoms with Crippen LogP contribution in [0.5, 0.6) is 0 Å². The summed E-state index contributed by atoms with van der Waals surface area (Å²) in [7, 11) is 0. The molecule has 10 heteroatoms. The quantitative estimate of drug-likeness (QED) is 0.346. The average molecular weight is 534 g/mol. The number of amides is 2. The van der Waals surface area contributed by atoms with Crippen LogP contribution in [-0.2, 0) is 4.79 Å². The number of nitrogens with zero attached hydrogens (tertiary/aromatic N) is 4. The van der Waals surface area contributed by atoms with Crippen molar-refractivity contribution in [1.29, 1.82) is 0 Å². The molecule has 1 aromatic heterocycles. The molecule has 2 heterocycles. The molecule has 1 aliphatic carbocycles. The fourth-order valence-electron chi connectivity index (χ4n) is 5.43. The van der Waals surface area contributed by atoms with Crippen LogP contribution in [-0.4, -0.2) is 75.5 Å². The number of rotatable bonds is 10. The van der Waals surface area contributed by atoms with E-state index in [0.717, 1.165) is 30.6 Å². The van der Waals surface area contributed by atoms with Gasteiger partial charge in [0.25, 0.3) is 5.91 Å². The van der Waals surface area contributed by atoms with Gasteiger partial charge < -0.3 is 20.9 Å². The first kappa shape index (κ1) is 27.0. The van der Waals surface area contributed by atoms with E-state index in [1.54, 1.807) is 41.3 Å². The Morgan fingerprint density at radius 1 is 1.08 bits per heavy atom. The standard InChI is InChI=1S/C29H36FN7O2/c1-19-17-36(18-20(2)33-19)29(39)26(4-3-13-31-27-16-25(27)21-5-9-23(30)10-6-21)34-28(38)22-7-11-24(12-8-22)37-15-14-32-35-37/h5-12,14-15,19-20,25-27,31,33H,3-4,13,16-18H2,1-2H3,(H,34,38)/t19-,20+,25-,26?,27+/m0/s1. The number of hydrogen-bond donors (Lipinski definition) is 3. The lowest BCUT2D eigenvalue weighted by atomic mass is 10.1. The molecule has 1 unspecified atom stereocenters. The Balaban J connectivity index is 1.18. The van der Waals surface area contributed by atoms with Crippen molar-refractivity contribution in [3.63, 3.8) is 0 Å². The first-order valence-corrected chi connectivity index (χ1v) is 13.7. The van der Waals surface area contributed by atoms with Crippen molar-refractivity contribution in [2.75, 3.05) is 19.6 Å². The smallest absolute Gasteiger partial charge is 0.251 e. The number of piperazine rings is 1. The summed E-state index contributed by atoms with van der Waals surface area (Å²) in [5, 5.41) is 17.8. The third-order valence-electron chi connectivity index (χ3n) is 7.45. The molecule has 1 saturated carbocycles. The normalized spacial score (nSPS) is 23.3. The van der Waals surface area contributed by atoms with E-state index in [2.05, 4.69) is 40.1 Å². The minimum atomic E-state index is -0.612. The van der Waals surface area contributed by atoms with Crippen LogP contribution < -0.4 is 16.0 Å². The Kier molecular flexibility index (Phi) is 8.33. The zero-order valence-corrected chi connectivity index (χ0v) is 22.4. The van der Waals surface area contributed by atoms with Crippen molar-refractivity contribution >= 4 is 11.8 Å². The van der Waals surface area contributed by atoms with E-state index in [1.165, 1.54) is 12.1 Å². The molecule has 5 rings (SSSR count). The van der Waals surface area contributed by atoms with E-state index in [1.807, 2.05) is 17.0 Å². The Morgan fingerprint density at radius 2 is 1.79 bits per heavy atom. The van der Waals surface area contributed by atoms with Gasteiger partial charge in [0.05, 0.1) is 18.1 Å². The zero-order valence-electron chi connectivity index (χ0n) is 22.4. The highest BCUT2D eigenvalue weighted by atomic mass is 19.1. The average Bonchev–Trinajstić information content (AvgIpc) is 3.48. The van der Waals surface area contributed by atoms with Gasteiger partial charge in [0.15, 0.2) is 0 Å². The molecular weight excluding hydrogens is 497 g/mol. The number of carbonyl (C=O) groups is 2. The molecule has 2 fully saturated rings. The molecule has 5 atom stereocenters. The molecule has 2 aromatic carbocycles. The second-order valence-corrected chi connectivity index (χ2v) is 10.7. The van der Waals surface area contributed by atoms with Gasteiger partial charge >= 0.3 is 0 Å². The molecular formula is C29H36FN7O2. The van der Waals surface area contributed by atoms with E-state index in [0.29, 0.717) is 37.0 Å². The van der Waals surface area contributed by atoms with Crippen LogP contribution >= 0.6 is 0 Å². The molecule has 0 spiro atoms. The van der Waals surface area contributed by atoms with Crippen LogP contribution in [0.25, 0.3) is 5.69 Å². The fraction of sp³-hybridized carbons (Fsp3) is 0.448. The number of hydrogen-bond acceptors (Lipinski definition) is 6. The van der Waals surface area contributed by atoms with E-state index >= 15 is 0 Å². The number of aromatic nitrogens is 3. The topological polar surface area (TPSA) is 104 Å². The predicted molar refractivity (Wildman–Crippen MR) is 146 cm³/mol. The second kappa shape index (κ2) is 12.0. The summed E-state index contributed by atoms with van der Waals surface area (Å²) in [4.78, 5) is 28.6. The molecule has 2 amide bonds. The van der Waals surface area contributed by atoms with Gasteiger partial charge in [0.1, 0.15) is 11.9 Å². The molecule has 206 valence electrons. The summed E-state index contributed by atoms with van der Waals surface area (Å²) in [6, 6.07) is 13.9. The molecule has 1 saturated heterocycles. The Bertz CT molecular complexity index is 1240. The first-order chi connectivity index (χ1) is 18.9. The van der Waals surface area contributed by atoms with Crippen LogP contribution in [0.4, 0.5) is 4.39 Å². The van der Waals surface area contributed by atoms with Gasteiger partial charge in [0, 0.05) is 42.7 Å². The van der Waals surface area contributed by atoms with Crippen molar-refractivity contribution in [2.24, 2.45) is 0 Å². The van der Waals surface area contributed by atoms with Gasteiger partial charge in [-0.3, -0.25) is 9.59 Å². The number of carbonyl (C=O) groups excluding carboxylic acids is 2. The minimum absolute atomic E-state index is 0.0432. The fourth-order valence-corrected chi connectivity index (χ4v) is 5.43. The third-order valence-corrected chi connectivity index (χ3v) is 7.45. The minimum Gasteiger partial charge on any atom is -0.340 e. The molecule has 3 N–H and O–H groups in total. The van der Waals surface area contributed by atoms with E-state index in [9.17, 15) is 14.0 Å². The lowest BCUT2D eigenvalue weighted by Gasteiger charge is -2.38. The molecule has 39 heavy (non-hydrogen) atoms. The number of benzene rings is 2.